The Labute approximate surface area is 135 Å². The molecule has 5 heteroatoms. The molecule has 0 spiro atoms. The molecule has 0 aromatic carbocycles. The van der Waals surface area contributed by atoms with Crippen molar-refractivity contribution in [3.63, 3.8) is 0 Å². The molecule has 0 saturated heterocycles. The van der Waals surface area contributed by atoms with Gasteiger partial charge < -0.3 is 4.57 Å². The van der Waals surface area contributed by atoms with Gasteiger partial charge in [-0.05, 0) is 37.7 Å². The average Bonchev–Trinajstić information content (AvgIpc) is 2.87. The molecule has 0 aliphatic heterocycles. The van der Waals surface area contributed by atoms with Crippen molar-refractivity contribution in [2.75, 3.05) is 12.1 Å². The highest BCUT2D eigenvalue weighted by molar-refractivity contribution is 7.99. The fourth-order valence-corrected chi connectivity index (χ4v) is 4.56. The molecule has 2 aromatic rings. The second-order valence-electron chi connectivity index (χ2n) is 5.76. The lowest BCUT2D eigenvalue weighted by atomic mass is 9.94. The summed E-state index contributed by atoms with van der Waals surface area (Å²) in [6.45, 7) is 2.11. The molecule has 2 unspecified atom stereocenters. The van der Waals surface area contributed by atoms with Crippen molar-refractivity contribution in [1.29, 1.82) is 0 Å². The third kappa shape index (κ3) is 2.80. The zero-order valence-electron chi connectivity index (χ0n) is 12.7. The van der Waals surface area contributed by atoms with Gasteiger partial charge in [0.25, 0.3) is 0 Å². The molecular weight excluding hydrogens is 302 g/mol. The first kappa shape index (κ1) is 15.2. The number of alkyl halides is 1. The monoisotopic (exact) mass is 323 g/mol. The molecule has 0 radical (unpaired) electrons. The van der Waals surface area contributed by atoms with E-state index in [0.29, 0.717) is 17.2 Å². The molecule has 0 N–H and O–H groups in total. The molecule has 1 fully saturated rings. The average molecular weight is 324 g/mol. The van der Waals surface area contributed by atoms with E-state index in [1.165, 1.54) is 31.2 Å². The number of thioether (sulfide) groups is 1. The number of aryl methyl sites for hydroxylation is 2. The fourth-order valence-electron chi connectivity index (χ4n) is 3.41. The summed E-state index contributed by atoms with van der Waals surface area (Å²) in [7, 11) is 0. The maximum atomic E-state index is 6.01. The van der Waals surface area contributed by atoms with Gasteiger partial charge in [-0.3, -0.25) is 0 Å². The Morgan fingerprint density at radius 2 is 2.19 bits per heavy atom. The molecule has 114 valence electrons. The Bertz CT molecular complexity index is 625. The largest absolute Gasteiger partial charge is 0.308 e. The summed E-state index contributed by atoms with van der Waals surface area (Å²) in [5.41, 5.74) is 3.29. The van der Waals surface area contributed by atoms with Crippen molar-refractivity contribution >= 4 is 34.5 Å². The molecular formula is C16H22ClN3S. The third-order valence-corrected chi connectivity index (χ3v) is 5.82. The molecule has 3 nitrogen and oxygen atoms in total. The molecule has 3 rings (SSSR count). The van der Waals surface area contributed by atoms with Crippen molar-refractivity contribution in [3.8, 4) is 0 Å². The number of hydrogen-bond donors (Lipinski definition) is 0. The maximum absolute atomic E-state index is 6.01. The molecule has 2 atom stereocenters. The Hall–Kier alpha value is -0.740. The van der Waals surface area contributed by atoms with Crippen LogP contribution < -0.4 is 0 Å². The molecule has 2 aromatic heterocycles. The third-order valence-electron chi connectivity index (χ3n) is 4.47. The molecule has 0 amide bonds. The lowest BCUT2D eigenvalue weighted by molar-refractivity contribution is 0.363. The lowest BCUT2D eigenvalue weighted by Gasteiger charge is -2.32. The van der Waals surface area contributed by atoms with Crippen LogP contribution in [0.2, 0.25) is 0 Å². The minimum atomic E-state index is 0.506. The van der Waals surface area contributed by atoms with Crippen LogP contribution in [-0.4, -0.2) is 31.9 Å². The van der Waals surface area contributed by atoms with Crippen molar-refractivity contribution in [3.05, 3.63) is 23.7 Å². The highest BCUT2D eigenvalue weighted by atomic mass is 35.5. The number of aromatic nitrogens is 3. The van der Waals surface area contributed by atoms with Gasteiger partial charge in [-0.1, -0.05) is 12.8 Å². The first-order chi connectivity index (χ1) is 10.3. The van der Waals surface area contributed by atoms with Crippen LogP contribution >= 0.6 is 23.4 Å². The van der Waals surface area contributed by atoms with Crippen molar-refractivity contribution in [1.82, 2.24) is 14.5 Å². The summed E-state index contributed by atoms with van der Waals surface area (Å²) < 4.78 is 2.39. The van der Waals surface area contributed by atoms with Gasteiger partial charge in [0.2, 0.25) is 0 Å². The van der Waals surface area contributed by atoms with Gasteiger partial charge in [0.15, 0.2) is 5.65 Å². The van der Waals surface area contributed by atoms with Crippen molar-refractivity contribution in [2.24, 2.45) is 0 Å². The van der Waals surface area contributed by atoms with Gasteiger partial charge >= 0.3 is 0 Å². The summed E-state index contributed by atoms with van der Waals surface area (Å²) in [6, 6.07) is 2.54. The van der Waals surface area contributed by atoms with Crippen LogP contribution in [0.4, 0.5) is 0 Å². The van der Waals surface area contributed by atoms with Crippen molar-refractivity contribution in [2.45, 2.75) is 50.3 Å². The molecule has 1 aliphatic rings. The number of nitrogens with zero attached hydrogens (tertiary/aromatic N) is 3. The van der Waals surface area contributed by atoms with E-state index in [1.807, 2.05) is 24.0 Å². The lowest BCUT2D eigenvalue weighted by Crippen LogP contribution is -2.27. The minimum absolute atomic E-state index is 0.506. The van der Waals surface area contributed by atoms with E-state index in [9.17, 15) is 0 Å². The summed E-state index contributed by atoms with van der Waals surface area (Å²) >= 11 is 7.99. The number of imidazole rings is 1. The molecule has 1 aliphatic carbocycles. The maximum Gasteiger partial charge on any atom is 0.160 e. The van der Waals surface area contributed by atoms with E-state index >= 15 is 0 Å². The Kier molecular flexibility index (Phi) is 4.75. The first-order valence-electron chi connectivity index (χ1n) is 7.67. The highest BCUT2D eigenvalue weighted by Crippen LogP contribution is 2.38. The Morgan fingerprint density at radius 1 is 1.38 bits per heavy atom. The van der Waals surface area contributed by atoms with Crippen LogP contribution in [0.5, 0.6) is 0 Å². The van der Waals surface area contributed by atoms with Gasteiger partial charge in [0.05, 0.1) is 0 Å². The van der Waals surface area contributed by atoms with E-state index in [-0.39, 0.29) is 0 Å². The van der Waals surface area contributed by atoms with Gasteiger partial charge in [-0.2, -0.15) is 11.8 Å². The van der Waals surface area contributed by atoms with E-state index in [0.717, 1.165) is 23.4 Å². The fraction of sp³-hybridized carbons (Fsp3) is 0.625. The Balaban J connectivity index is 2.14. The summed E-state index contributed by atoms with van der Waals surface area (Å²) in [5, 5.41) is 0.660. The van der Waals surface area contributed by atoms with Gasteiger partial charge in [-0.25, -0.2) is 9.97 Å². The van der Waals surface area contributed by atoms with Crippen LogP contribution in [-0.2, 0) is 6.42 Å². The zero-order valence-corrected chi connectivity index (χ0v) is 14.3. The first-order valence-corrected chi connectivity index (χ1v) is 9.49. The summed E-state index contributed by atoms with van der Waals surface area (Å²) in [5.74, 6) is 1.71. The number of hydrogen-bond acceptors (Lipinski definition) is 3. The molecule has 21 heavy (non-hydrogen) atoms. The number of fused-ring (bicyclic) bond motifs is 1. The molecule has 1 saturated carbocycles. The van der Waals surface area contributed by atoms with E-state index in [4.69, 9.17) is 16.6 Å². The number of rotatable bonds is 4. The zero-order chi connectivity index (χ0) is 14.8. The molecule has 2 heterocycles. The molecule has 0 bridgehead atoms. The number of pyridine rings is 1. The van der Waals surface area contributed by atoms with Crippen LogP contribution in [0.15, 0.2) is 12.3 Å². The van der Waals surface area contributed by atoms with Gasteiger partial charge in [-0.15, -0.1) is 11.6 Å². The smallest absolute Gasteiger partial charge is 0.160 e. The predicted octanol–water partition coefficient (Wildman–Crippen LogP) is 4.37. The van der Waals surface area contributed by atoms with E-state index in [1.54, 1.807) is 0 Å². The van der Waals surface area contributed by atoms with Gasteiger partial charge in [0.1, 0.15) is 11.3 Å². The van der Waals surface area contributed by atoms with Gasteiger partial charge in [0, 0.05) is 29.8 Å². The summed E-state index contributed by atoms with van der Waals surface area (Å²) in [6.07, 6.45) is 10.1. The summed E-state index contributed by atoms with van der Waals surface area (Å²) in [4.78, 5) is 9.49. The SMILES string of the molecule is CSC1CCCCC1n1c(CCCl)nc2c(C)ccnc21. The highest BCUT2D eigenvalue weighted by Gasteiger charge is 2.29. The predicted molar refractivity (Wildman–Crippen MR) is 91.5 cm³/mol. The second kappa shape index (κ2) is 6.57. The standard InChI is InChI=1S/C16H22ClN3S/c1-11-8-10-18-16-15(11)19-14(7-9-17)20(16)12-5-3-4-6-13(12)21-2/h8,10,12-13H,3-7,9H2,1-2H3. The van der Waals surface area contributed by atoms with Crippen LogP contribution in [0.25, 0.3) is 11.2 Å². The van der Waals surface area contributed by atoms with Crippen LogP contribution in [0, 0.1) is 6.92 Å². The van der Waals surface area contributed by atoms with Crippen LogP contribution in [0.1, 0.15) is 43.1 Å². The van der Waals surface area contributed by atoms with E-state index < -0.39 is 0 Å². The topological polar surface area (TPSA) is 30.7 Å². The second-order valence-corrected chi connectivity index (χ2v) is 7.22. The Morgan fingerprint density at radius 3 is 2.95 bits per heavy atom. The number of halogens is 1. The van der Waals surface area contributed by atoms with Crippen molar-refractivity contribution < 1.29 is 0 Å². The minimum Gasteiger partial charge on any atom is -0.308 e. The normalized spacial score (nSPS) is 22.8. The quantitative estimate of drug-likeness (QED) is 0.783. The van der Waals surface area contributed by atoms with Crippen LogP contribution in [0.3, 0.4) is 0 Å². The van der Waals surface area contributed by atoms with E-state index in [2.05, 4.69) is 22.7 Å².